The summed E-state index contributed by atoms with van der Waals surface area (Å²) in [6, 6.07) is 0. The van der Waals surface area contributed by atoms with Crippen LogP contribution in [0, 0.1) is 0 Å². The molecule has 2 nitrogen and oxygen atoms in total. The van der Waals surface area contributed by atoms with Crippen LogP contribution < -0.4 is 0 Å². The predicted octanol–water partition coefficient (Wildman–Crippen LogP) is 10.6. The summed E-state index contributed by atoms with van der Waals surface area (Å²) in [6.45, 7) is 4.54. The summed E-state index contributed by atoms with van der Waals surface area (Å²) in [7, 11) is 0. The zero-order chi connectivity index (χ0) is 24.7. The normalized spacial score (nSPS) is 11.0. The number of unbranched alkanes of at least 4 members (excludes halogenated alkanes) is 20. The molecule has 0 aromatic rings. The summed E-state index contributed by atoms with van der Waals surface area (Å²) in [5, 5.41) is 8.51. The number of allylic oxidation sites excluding steroid dienone is 2. The van der Waals surface area contributed by atoms with E-state index in [9.17, 15) is 4.79 Å². The molecule has 0 aliphatic heterocycles. The molecule has 0 aliphatic carbocycles. The first kappa shape index (κ1) is 35.4. The molecular weight excluding hydrogens is 415 g/mol. The van der Waals surface area contributed by atoms with Crippen LogP contribution in [0.15, 0.2) is 12.2 Å². The van der Waals surface area contributed by atoms with Gasteiger partial charge in [0.05, 0.1) is 0 Å². The zero-order valence-electron chi connectivity index (χ0n) is 23.2. The van der Waals surface area contributed by atoms with Crippen molar-refractivity contribution in [2.24, 2.45) is 0 Å². The zero-order valence-corrected chi connectivity index (χ0v) is 25.2. The van der Waals surface area contributed by atoms with Gasteiger partial charge < -0.3 is 5.11 Å². The molecule has 0 saturated carbocycles. The Morgan fingerprint density at radius 2 is 0.879 bits per heavy atom. The fraction of sp³-hybridized carbons (Fsp3) is 0.900. The van der Waals surface area contributed by atoms with Gasteiger partial charge in [-0.05, 0) is 32.1 Å². The molecule has 0 spiro atoms. The summed E-state index contributed by atoms with van der Waals surface area (Å²) in [5.41, 5.74) is 0. The van der Waals surface area contributed by atoms with Crippen LogP contribution in [-0.4, -0.2) is 39.0 Å². The molecule has 3 heteroatoms. The second kappa shape index (κ2) is 34.4. The molecule has 0 aromatic carbocycles. The van der Waals surface area contributed by atoms with Crippen molar-refractivity contribution >= 4 is 33.9 Å². The van der Waals surface area contributed by atoms with Crippen molar-refractivity contribution in [3.63, 3.8) is 0 Å². The molecule has 0 rings (SSSR count). The van der Waals surface area contributed by atoms with Crippen molar-refractivity contribution in [1.82, 2.24) is 0 Å². The van der Waals surface area contributed by atoms with Crippen molar-refractivity contribution in [1.29, 1.82) is 0 Å². The van der Waals surface area contributed by atoms with Crippen molar-refractivity contribution in [2.75, 3.05) is 0 Å². The molecule has 0 saturated heterocycles. The minimum atomic E-state index is -0.664. The molecule has 0 atom stereocenters. The average molecular weight is 475 g/mol. The van der Waals surface area contributed by atoms with Crippen molar-refractivity contribution in [2.45, 2.75) is 172 Å². The maximum absolute atomic E-state index is 10.3. The number of hydrogen-bond acceptors (Lipinski definition) is 1. The summed E-state index contributed by atoms with van der Waals surface area (Å²) >= 11 is 1.41. The Bertz CT molecular complexity index is 371. The Labute approximate surface area is 226 Å². The summed E-state index contributed by atoms with van der Waals surface area (Å²) < 4.78 is 1.51. The first-order chi connectivity index (χ1) is 16.2. The Morgan fingerprint density at radius 1 is 0.545 bits per heavy atom. The van der Waals surface area contributed by atoms with Gasteiger partial charge in [0.25, 0.3) is 0 Å². The van der Waals surface area contributed by atoms with Gasteiger partial charge in [-0.25, -0.2) is 0 Å². The number of aliphatic carboxylic acids is 1. The minimum absolute atomic E-state index is 0.332. The van der Waals surface area contributed by atoms with Crippen LogP contribution in [-0.2, 0) is 4.79 Å². The van der Waals surface area contributed by atoms with Gasteiger partial charge in [0.1, 0.15) is 0 Å². The molecule has 0 amide bonds. The van der Waals surface area contributed by atoms with Crippen molar-refractivity contribution in [3.8, 4) is 0 Å². The van der Waals surface area contributed by atoms with Crippen LogP contribution in [0.4, 0.5) is 0 Å². The number of carboxylic acids is 1. The van der Waals surface area contributed by atoms with E-state index in [1.807, 2.05) is 0 Å². The number of rotatable bonds is 25. The second-order valence-corrected chi connectivity index (χ2v) is 10.9. The van der Waals surface area contributed by atoms with E-state index in [0.717, 1.165) is 12.8 Å². The van der Waals surface area contributed by atoms with Gasteiger partial charge in [-0.2, -0.15) is 0 Å². The molecule has 0 heterocycles. The molecule has 0 unspecified atom stereocenters. The Hall–Kier alpha value is 0.210. The summed E-state index contributed by atoms with van der Waals surface area (Å²) in [6.07, 6.45) is 36.0. The van der Waals surface area contributed by atoms with Gasteiger partial charge in [-0.3, -0.25) is 4.79 Å². The molecule has 33 heavy (non-hydrogen) atoms. The standard InChI is InChI=1S/C18H34O2.C12H25.Na/c1-2-3-4-5-6-7-8-9-10-11-12-13-14-15-16-17-18(19)20;1-3-5-7-9-11-12-10-8-6-4-2;/h9-10H,2-8,11-17H2,1H3,(H,19,20);1,3-12H2,2H3;/b10-9-;;. The van der Waals surface area contributed by atoms with Gasteiger partial charge in [-0.1, -0.05) is 70.4 Å². The molecule has 0 aromatic heterocycles. The number of hydrogen-bond donors (Lipinski definition) is 1. The van der Waals surface area contributed by atoms with Crippen molar-refractivity contribution < 1.29 is 9.90 Å². The number of carbonyl (C=O) groups is 1. The van der Waals surface area contributed by atoms with Crippen LogP contribution in [0.2, 0.25) is 3.67 Å². The predicted molar refractivity (Wildman–Crippen MR) is 149 cm³/mol. The fourth-order valence-corrected chi connectivity index (χ4v) is 4.58. The quantitative estimate of drug-likeness (QED) is 0.0811. The molecule has 0 bridgehead atoms. The van der Waals surface area contributed by atoms with Gasteiger partial charge >= 0.3 is 109 Å². The average Bonchev–Trinajstić information content (AvgIpc) is 2.81. The van der Waals surface area contributed by atoms with E-state index in [4.69, 9.17) is 5.11 Å². The molecule has 192 valence electrons. The Morgan fingerprint density at radius 3 is 1.24 bits per heavy atom. The monoisotopic (exact) mass is 474 g/mol. The van der Waals surface area contributed by atoms with Crippen LogP contribution in [0.1, 0.15) is 168 Å². The summed E-state index contributed by atoms with van der Waals surface area (Å²) in [5.74, 6) is -0.664. The second-order valence-electron chi connectivity index (χ2n) is 9.91. The van der Waals surface area contributed by atoms with Gasteiger partial charge in [0.15, 0.2) is 0 Å². The third-order valence-corrected chi connectivity index (χ3v) is 7.07. The van der Waals surface area contributed by atoms with Gasteiger partial charge in [0, 0.05) is 6.42 Å². The van der Waals surface area contributed by atoms with E-state index in [2.05, 4.69) is 26.0 Å². The third-order valence-electron chi connectivity index (χ3n) is 6.36. The van der Waals surface area contributed by atoms with E-state index in [-0.39, 0.29) is 0 Å². The Kier molecular flexibility index (Phi) is 36.8. The van der Waals surface area contributed by atoms with Crippen LogP contribution in [0.3, 0.4) is 0 Å². The van der Waals surface area contributed by atoms with E-state index in [0.29, 0.717) is 6.42 Å². The first-order valence-electron chi connectivity index (χ1n) is 15.1. The molecular formula is C30H59NaO2. The van der Waals surface area contributed by atoms with Gasteiger partial charge in [0.2, 0.25) is 0 Å². The van der Waals surface area contributed by atoms with E-state index < -0.39 is 5.97 Å². The SMILES string of the molecule is CCCCCCCC/C=C\CCCCCCCC(=O)O.CCCCCCCCCCC[CH2][Na]. The molecule has 1 N–H and O–H groups in total. The number of carboxylic acid groups (broad SMARTS) is 1. The fourth-order valence-electron chi connectivity index (χ4n) is 4.08. The van der Waals surface area contributed by atoms with Crippen LogP contribution >= 0.6 is 0 Å². The van der Waals surface area contributed by atoms with Crippen LogP contribution in [0.5, 0.6) is 0 Å². The topological polar surface area (TPSA) is 37.3 Å². The molecule has 0 fully saturated rings. The van der Waals surface area contributed by atoms with E-state index in [1.165, 1.54) is 166 Å². The Balaban J connectivity index is 0. The third kappa shape index (κ3) is 39.7. The first-order valence-corrected chi connectivity index (χ1v) is 16.5. The van der Waals surface area contributed by atoms with E-state index in [1.54, 1.807) is 0 Å². The molecule has 0 radical (unpaired) electrons. The van der Waals surface area contributed by atoms with Gasteiger partial charge in [-0.15, -0.1) is 0 Å². The van der Waals surface area contributed by atoms with E-state index >= 15 is 0 Å². The van der Waals surface area contributed by atoms with Crippen molar-refractivity contribution in [3.05, 3.63) is 12.2 Å². The van der Waals surface area contributed by atoms with Crippen LogP contribution in [0.25, 0.3) is 0 Å². The summed E-state index contributed by atoms with van der Waals surface area (Å²) in [4.78, 5) is 10.3. The molecule has 0 aliphatic rings. The maximum atomic E-state index is 10.3.